The van der Waals surface area contributed by atoms with Crippen LogP contribution in [-0.2, 0) is 0 Å². The van der Waals surface area contributed by atoms with Crippen molar-refractivity contribution in [1.29, 1.82) is 0 Å². The molecule has 2 N–H and O–H groups in total. The van der Waals surface area contributed by atoms with E-state index in [2.05, 4.69) is 25.5 Å². The molecular weight excluding hydrogens is 362 g/mol. The van der Waals surface area contributed by atoms with Gasteiger partial charge in [0.1, 0.15) is 0 Å². The van der Waals surface area contributed by atoms with Gasteiger partial charge in [0.25, 0.3) is 5.91 Å². The van der Waals surface area contributed by atoms with Gasteiger partial charge in [-0.05, 0) is 57.1 Å². The molecule has 0 bridgehead atoms. The zero-order chi connectivity index (χ0) is 20.1. The maximum atomic E-state index is 12.9. The molecule has 0 unspecified atom stereocenters. The second-order valence-electron chi connectivity index (χ2n) is 7.56. The number of carbonyl (C=O) groups is 1. The summed E-state index contributed by atoms with van der Waals surface area (Å²) in [5, 5.41) is 6.29. The molecule has 2 heterocycles. The molecule has 1 fully saturated rings. The summed E-state index contributed by atoms with van der Waals surface area (Å²) in [4.78, 5) is 24.6. The summed E-state index contributed by atoms with van der Waals surface area (Å²) in [5.41, 5.74) is 3.84. The average Bonchev–Trinajstić information content (AvgIpc) is 2.75. The van der Waals surface area contributed by atoms with Gasteiger partial charge in [0, 0.05) is 18.8 Å². The molecule has 0 radical (unpaired) electrons. The van der Waals surface area contributed by atoms with Crippen molar-refractivity contribution < 1.29 is 4.79 Å². The van der Waals surface area contributed by atoms with Crippen LogP contribution in [0.1, 0.15) is 35.3 Å². The number of nitrogens with one attached hydrogen (secondary N) is 2. The van der Waals surface area contributed by atoms with Crippen LogP contribution in [0.15, 0.2) is 48.5 Å². The Labute approximate surface area is 171 Å². The molecule has 4 rings (SSSR count). The number of rotatable bonds is 6. The van der Waals surface area contributed by atoms with Gasteiger partial charge < -0.3 is 15.5 Å². The van der Waals surface area contributed by atoms with E-state index in [1.165, 1.54) is 24.8 Å². The number of hydrogen-bond acceptors (Lipinski definition) is 5. The number of anilines is 2. The van der Waals surface area contributed by atoms with Crippen molar-refractivity contribution in [1.82, 2.24) is 20.2 Å². The van der Waals surface area contributed by atoms with Crippen molar-refractivity contribution >= 4 is 28.4 Å². The van der Waals surface area contributed by atoms with Gasteiger partial charge in [0.15, 0.2) is 11.5 Å². The number of fused-ring (bicyclic) bond motifs is 1. The van der Waals surface area contributed by atoms with Gasteiger partial charge in [-0.2, -0.15) is 0 Å². The first-order valence-electron chi connectivity index (χ1n) is 10.3. The molecule has 1 aliphatic rings. The Hall–Kier alpha value is -2.99. The molecule has 6 nitrogen and oxygen atoms in total. The average molecular weight is 390 g/mol. The number of nitrogens with zero attached hydrogens (tertiary/aromatic N) is 3. The first kappa shape index (κ1) is 19.3. The smallest absolute Gasteiger partial charge is 0.273 e. The van der Waals surface area contributed by atoms with E-state index in [0.29, 0.717) is 23.6 Å². The molecule has 1 amide bonds. The Morgan fingerprint density at radius 3 is 2.38 bits per heavy atom. The van der Waals surface area contributed by atoms with Gasteiger partial charge in [-0.15, -0.1) is 0 Å². The monoisotopic (exact) mass is 389 g/mol. The number of aryl methyl sites for hydroxylation is 1. The molecule has 6 heteroatoms. The van der Waals surface area contributed by atoms with Crippen molar-refractivity contribution in [3.05, 3.63) is 59.8 Å². The number of piperidine rings is 1. The maximum absolute atomic E-state index is 12.9. The number of benzene rings is 2. The van der Waals surface area contributed by atoms with Crippen molar-refractivity contribution in [3.63, 3.8) is 0 Å². The maximum Gasteiger partial charge on any atom is 0.273 e. The zero-order valence-electron chi connectivity index (χ0n) is 16.8. The van der Waals surface area contributed by atoms with E-state index in [9.17, 15) is 4.79 Å². The summed E-state index contributed by atoms with van der Waals surface area (Å²) < 4.78 is 0. The highest BCUT2D eigenvalue weighted by Gasteiger charge is 2.17. The predicted molar refractivity (Wildman–Crippen MR) is 117 cm³/mol. The Bertz CT molecular complexity index is 980. The largest absolute Gasteiger partial charge is 0.349 e. The molecule has 0 aliphatic carbocycles. The SMILES string of the molecule is Cc1ccc(Nc2nc3ccccc3nc2C(=O)NCCN2CCCCC2)cc1. The lowest BCUT2D eigenvalue weighted by Gasteiger charge is -2.26. The van der Waals surface area contributed by atoms with E-state index in [4.69, 9.17) is 0 Å². The molecule has 0 spiro atoms. The fourth-order valence-corrected chi connectivity index (χ4v) is 3.61. The van der Waals surface area contributed by atoms with Crippen LogP contribution in [0.5, 0.6) is 0 Å². The third-order valence-corrected chi connectivity index (χ3v) is 5.26. The number of para-hydroxylation sites is 2. The third-order valence-electron chi connectivity index (χ3n) is 5.26. The minimum absolute atomic E-state index is 0.199. The van der Waals surface area contributed by atoms with Crippen molar-refractivity contribution in [2.75, 3.05) is 31.5 Å². The van der Waals surface area contributed by atoms with Gasteiger partial charge >= 0.3 is 0 Å². The highest BCUT2D eigenvalue weighted by Crippen LogP contribution is 2.21. The van der Waals surface area contributed by atoms with Gasteiger partial charge in [-0.1, -0.05) is 36.2 Å². The quantitative estimate of drug-likeness (QED) is 0.669. The number of carbonyl (C=O) groups excluding carboxylic acids is 1. The van der Waals surface area contributed by atoms with Gasteiger partial charge in [-0.25, -0.2) is 9.97 Å². The molecule has 29 heavy (non-hydrogen) atoms. The van der Waals surface area contributed by atoms with E-state index >= 15 is 0 Å². The van der Waals surface area contributed by atoms with Gasteiger partial charge in [0.2, 0.25) is 0 Å². The van der Waals surface area contributed by atoms with Gasteiger partial charge in [0.05, 0.1) is 11.0 Å². The van der Waals surface area contributed by atoms with Gasteiger partial charge in [-0.3, -0.25) is 4.79 Å². The number of amides is 1. The van der Waals surface area contributed by atoms with Crippen LogP contribution in [0.2, 0.25) is 0 Å². The summed E-state index contributed by atoms with van der Waals surface area (Å²) in [7, 11) is 0. The molecule has 0 atom stereocenters. The van der Waals surface area contributed by atoms with Crippen LogP contribution in [0.3, 0.4) is 0 Å². The Morgan fingerprint density at radius 2 is 1.66 bits per heavy atom. The zero-order valence-corrected chi connectivity index (χ0v) is 16.8. The summed E-state index contributed by atoms with van der Waals surface area (Å²) in [6.07, 6.45) is 3.80. The first-order valence-corrected chi connectivity index (χ1v) is 10.3. The second kappa shape index (κ2) is 9.01. The van der Waals surface area contributed by atoms with Crippen LogP contribution in [0, 0.1) is 6.92 Å². The van der Waals surface area contributed by atoms with E-state index in [-0.39, 0.29) is 5.91 Å². The summed E-state index contributed by atoms with van der Waals surface area (Å²) >= 11 is 0. The van der Waals surface area contributed by atoms with Crippen LogP contribution in [-0.4, -0.2) is 47.0 Å². The molecular formula is C23H27N5O. The first-order chi connectivity index (χ1) is 14.2. The minimum Gasteiger partial charge on any atom is -0.349 e. The predicted octanol–water partition coefficient (Wildman–Crippen LogP) is 3.90. The van der Waals surface area contributed by atoms with E-state index in [1.54, 1.807) is 0 Å². The van der Waals surface area contributed by atoms with Crippen LogP contribution in [0.25, 0.3) is 11.0 Å². The molecule has 1 aromatic heterocycles. The van der Waals surface area contributed by atoms with E-state index in [1.807, 2.05) is 55.5 Å². The van der Waals surface area contributed by atoms with Crippen molar-refractivity contribution in [2.45, 2.75) is 26.2 Å². The second-order valence-corrected chi connectivity index (χ2v) is 7.56. The van der Waals surface area contributed by atoms with Crippen molar-refractivity contribution in [2.24, 2.45) is 0 Å². The van der Waals surface area contributed by atoms with Crippen LogP contribution in [0.4, 0.5) is 11.5 Å². The highest BCUT2D eigenvalue weighted by atomic mass is 16.1. The highest BCUT2D eigenvalue weighted by molar-refractivity contribution is 5.99. The standard InChI is InChI=1S/C23H27N5O/c1-17-9-11-18(12-10-17)25-22-21(26-19-7-3-4-8-20(19)27-22)23(29)24-13-16-28-14-5-2-6-15-28/h3-4,7-12H,2,5-6,13-16H2,1H3,(H,24,29)(H,25,27). The molecule has 0 saturated carbocycles. The molecule has 3 aromatic rings. The molecule has 150 valence electrons. The van der Waals surface area contributed by atoms with E-state index in [0.717, 1.165) is 30.8 Å². The minimum atomic E-state index is -0.199. The summed E-state index contributed by atoms with van der Waals surface area (Å²) in [6, 6.07) is 15.6. The fourth-order valence-electron chi connectivity index (χ4n) is 3.61. The van der Waals surface area contributed by atoms with Crippen LogP contribution < -0.4 is 10.6 Å². The van der Waals surface area contributed by atoms with Crippen LogP contribution >= 0.6 is 0 Å². The number of likely N-dealkylation sites (tertiary alicyclic amines) is 1. The number of hydrogen-bond donors (Lipinski definition) is 2. The number of aromatic nitrogens is 2. The lowest BCUT2D eigenvalue weighted by atomic mass is 10.1. The molecule has 1 aliphatic heterocycles. The fraction of sp³-hybridized carbons (Fsp3) is 0.348. The molecule has 2 aromatic carbocycles. The Morgan fingerprint density at radius 1 is 0.966 bits per heavy atom. The van der Waals surface area contributed by atoms with E-state index < -0.39 is 0 Å². The molecule has 1 saturated heterocycles. The Kier molecular flexibility index (Phi) is 6.00. The lowest BCUT2D eigenvalue weighted by molar-refractivity contribution is 0.0942. The summed E-state index contributed by atoms with van der Waals surface area (Å²) in [6.45, 7) is 5.75. The Balaban J connectivity index is 1.53. The normalized spacial score (nSPS) is 14.7. The summed E-state index contributed by atoms with van der Waals surface area (Å²) in [5.74, 6) is 0.276. The lowest BCUT2D eigenvalue weighted by Crippen LogP contribution is -2.38. The van der Waals surface area contributed by atoms with Crippen molar-refractivity contribution in [3.8, 4) is 0 Å². The third kappa shape index (κ3) is 4.90. The topological polar surface area (TPSA) is 70.1 Å².